The van der Waals surface area contributed by atoms with Crippen LogP contribution in [0.4, 0.5) is 17.6 Å². The van der Waals surface area contributed by atoms with Crippen molar-refractivity contribution in [2.24, 2.45) is 5.10 Å². The van der Waals surface area contributed by atoms with Crippen molar-refractivity contribution in [2.75, 3.05) is 0 Å². The van der Waals surface area contributed by atoms with E-state index in [1.54, 1.807) is 0 Å². The van der Waals surface area contributed by atoms with Gasteiger partial charge in [-0.15, -0.1) is 0 Å². The van der Waals surface area contributed by atoms with Crippen molar-refractivity contribution in [2.45, 2.75) is 19.0 Å². The van der Waals surface area contributed by atoms with E-state index < -0.39 is 17.7 Å². The Balaban J connectivity index is 1.91. The highest BCUT2D eigenvalue weighted by atomic mass is 19.4. The first-order chi connectivity index (χ1) is 10.8. The molecular weight excluding hydrogens is 316 g/mol. The number of nitrogens with one attached hydrogen (secondary N) is 1. The Bertz CT molecular complexity index is 794. The molecule has 0 unspecified atom stereocenters. The molecule has 1 aromatic carbocycles. The van der Waals surface area contributed by atoms with E-state index in [0.29, 0.717) is 17.7 Å². The Morgan fingerprint density at radius 2 is 1.96 bits per heavy atom. The number of hydrogen-bond acceptors (Lipinski definition) is 3. The molecule has 0 spiro atoms. The van der Waals surface area contributed by atoms with Gasteiger partial charge in [0.15, 0.2) is 5.69 Å². The van der Waals surface area contributed by atoms with E-state index in [-0.39, 0.29) is 18.0 Å². The van der Waals surface area contributed by atoms with E-state index in [1.807, 2.05) is 0 Å². The second kappa shape index (κ2) is 5.49. The van der Waals surface area contributed by atoms with Gasteiger partial charge >= 0.3 is 6.18 Å². The molecule has 3 rings (SSSR count). The van der Waals surface area contributed by atoms with Gasteiger partial charge in [-0.25, -0.2) is 14.5 Å². The Hall–Kier alpha value is -2.71. The molecule has 2 aromatic rings. The molecule has 9 heteroatoms. The number of carbonyl (C=O) groups excluding carboxylic acids is 1. The SMILES string of the molecule is O=C1CCC(c2ccc(-n3ccc(C(F)(F)F)n3)c(F)c2)=NN1. The topological polar surface area (TPSA) is 59.3 Å². The minimum Gasteiger partial charge on any atom is -0.273 e. The van der Waals surface area contributed by atoms with Crippen molar-refractivity contribution in [3.05, 3.63) is 47.5 Å². The predicted molar refractivity (Wildman–Crippen MR) is 72.4 cm³/mol. The number of halogens is 4. The van der Waals surface area contributed by atoms with Crippen LogP contribution in [0.15, 0.2) is 35.6 Å². The highest BCUT2D eigenvalue weighted by molar-refractivity contribution is 6.04. The molecule has 1 aliphatic heterocycles. The van der Waals surface area contributed by atoms with Gasteiger partial charge in [0.05, 0.1) is 5.71 Å². The highest BCUT2D eigenvalue weighted by Crippen LogP contribution is 2.28. The Morgan fingerprint density at radius 3 is 2.52 bits per heavy atom. The maximum Gasteiger partial charge on any atom is 0.435 e. The van der Waals surface area contributed by atoms with Crippen LogP contribution in [-0.4, -0.2) is 21.4 Å². The van der Waals surface area contributed by atoms with Crippen molar-refractivity contribution in [3.8, 4) is 5.69 Å². The number of alkyl halides is 3. The van der Waals surface area contributed by atoms with Crippen molar-refractivity contribution < 1.29 is 22.4 Å². The number of hydrazone groups is 1. The molecule has 0 aliphatic carbocycles. The maximum absolute atomic E-state index is 14.2. The zero-order valence-corrected chi connectivity index (χ0v) is 11.6. The third-order valence-corrected chi connectivity index (χ3v) is 3.31. The summed E-state index contributed by atoms with van der Waals surface area (Å²) in [5.41, 5.74) is 2.06. The van der Waals surface area contributed by atoms with Crippen LogP contribution in [0, 0.1) is 5.82 Å². The first-order valence-electron chi connectivity index (χ1n) is 6.63. The summed E-state index contributed by atoms with van der Waals surface area (Å²) in [7, 11) is 0. The molecule has 2 heterocycles. The quantitative estimate of drug-likeness (QED) is 0.863. The van der Waals surface area contributed by atoms with Crippen LogP contribution in [0.2, 0.25) is 0 Å². The summed E-state index contributed by atoms with van der Waals surface area (Å²) in [5, 5.41) is 7.17. The zero-order valence-electron chi connectivity index (χ0n) is 11.6. The summed E-state index contributed by atoms with van der Waals surface area (Å²) in [6.45, 7) is 0. The molecule has 23 heavy (non-hydrogen) atoms. The molecule has 120 valence electrons. The predicted octanol–water partition coefficient (Wildman–Crippen LogP) is 2.64. The van der Waals surface area contributed by atoms with E-state index in [1.165, 1.54) is 12.1 Å². The van der Waals surface area contributed by atoms with E-state index in [0.717, 1.165) is 23.0 Å². The second-order valence-corrected chi connectivity index (χ2v) is 4.90. The number of rotatable bonds is 2. The van der Waals surface area contributed by atoms with E-state index in [4.69, 9.17) is 0 Å². The van der Waals surface area contributed by atoms with Gasteiger partial charge in [0.1, 0.15) is 11.5 Å². The maximum atomic E-state index is 14.2. The smallest absolute Gasteiger partial charge is 0.273 e. The molecule has 0 saturated carbocycles. The molecule has 0 fully saturated rings. The molecule has 5 nitrogen and oxygen atoms in total. The Morgan fingerprint density at radius 1 is 1.17 bits per heavy atom. The van der Waals surface area contributed by atoms with Gasteiger partial charge < -0.3 is 0 Å². The summed E-state index contributed by atoms with van der Waals surface area (Å²) < 4.78 is 52.6. The van der Waals surface area contributed by atoms with Gasteiger partial charge in [-0.3, -0.25) is 4.79 Å². The molecule has 0 saturated heterocycles. The van der Waals surface area contributed by atoms with Gasteiger partial charge in [0, 0.05) is 24.6 Å². The van der Waals surface area contributed by atoms with Gasteiger partial charge in [-0.05, 0) is 18.2 Å². The number of carbonyl (C=O) groups is 1. The van der Waals surface area contributed by atoms with E-state index in [9.17, 15) is 22.4 Å². The van der Waals surface area contributed by atoms with Crippen LogP contribution in [0.25, 0.3) is 5.69 Å². The first-order valence-corrected chi connectivity index (χ1v) is 6.63. The minimum atomic E-state index is -4.59. The molecule has 1 N–H and O–H groups in total. The summed E-state index contributed by atoms with van der Waals surface area (Å²) >= 11 is 0. The number of benzene rings is 1. The minimum absolute atomic E-state index is 0.107. The fourth-order valence-corrected chi connectivity index (χ4v) is 2.16. The van der Waals surface area contributed by atoms with Crippen LogP contribution < -0.4 is 5.43 Å². The molecule has 0 atom stereocenters. The largest absolute Gasteiger partial charge is 0.435 e. The van der Waals surface area contributed by atoms with Gasteiger partial charge in [-0.1, -0.05) is 6.07 Å². The first kappa shape index (κ1) is 15.2. The van der Waals surface area contributed by atoms with Crippen LogP contribution in [0.3, 0.4) is 0 Å². The lowest BCUT2D eigenvalue weighted by Gasteiger charge is -2.13. The Labute approximate surface area is 127 Å². The van der Waals surface area contributed by atoms with E-state index in [2.05, 4.69) is 15.6 Å². The zero-order chi connectivity index (χ0) is 16.6. The molecule has 1 aliphatic rings. The van der Waals surface area contributed by atoms with Crippen molar-refractivity contribution in [1.29, 1.82) is 0 Å². The molecular formula is C14H10F4N4O. The van der Waals surface area contributed by atoms with Crippen molar-refractivity contribution in [3.63, 3.8) is 0 Å². The summed E-state index contributed by atoms with van der Waals surface area (Å²) in [6, 6.07) is 4.76. The fraction of sp³-hybridized carbons (Fsp3) is 0.214. The average Bonchev–Trinajstić information content (AvgIpc) is 2.97. The third-order valence-electron chi connectivity index (χ3n) is 3.31. The lowest BCUT2D eigenvalue weighted by molar-refractivity contribution is -0.141. The van der Waals surface area contributed by atoms with Crippen LogP contribution in [-0.2, 0) is 11.0 Å². The molecule has 0 bridgehead atoms. The fourth-order valence-electron chi connectivity index (χ4n) is 2.16. The summed E-state index contributed by atoms with van der Waals surface area (Å²) in [5.74, 6) is -0.957. The molecule has 1 amide bonds. The Kier molecular flexibility index (Phi) is 3.63. The van der Waals surface area contributed by atoms with Gasteiger partial charge in [0.2, 0.25) is 5.91 Å². The second-order valence-electron chi connectivity index (χ2n) is 4.90. The van der Waals surface area contributed by atoms with Crippen molar-refractivity contribution >= 4 is 11.6 Å². The number of nitrogens with zero attached hydrogens (tertiary/aromatic N) is 3. The van der Waals surface area contributed by atoms with Crippen molar-refractivity contribution in [1.82, 2.24) is 15.2 Å². The lowest BCUT2D eigenvalue weighted by atomic mass is 10.0. The number of aromatic nitrogens is 2. The summed E-state index contributed by atoms with van der Waals surface area (Å²) in [6.07, 6.45) is -2.93. The standard InChI is InChI=1S/C14H10F4N4O/c15-9-7-8(10-2-4-13(23)20-19-10)1-3-11(9)22-6-5-12(21-22)14(16,17)18/h1,3,5-7H,2,4H2,(H,20,23). The normalized spacial score (nSPS) is 15.3. The third kappa shape index (κ3) is 3.08. The van der Waals surface area contributed by atoms with Gasteiger partial charge in [0.25, 0.3) is 0 Å². The van der Waals surface area contributed by atoms with E-state index >= 15 is 0 Å². The van der Waals surface area contributed by atoms with Gasteiger partial charge in [-0.2, -0.15) is 23.4 Å². The van der Waals surface area contributed by atoms with Crippen LogP contribution in [0.1, 0.15) is 24.1 Å². The van der Waals surface area contributed by atoms with Crippen LogP contribution in [0.5, 0.6) is 0 Å². The summed E-state index contributed by atoms with van der Waals surface area (Å²) in [4.78, 5) is 11.0. The monoisotopic (exact) mass is 326 g/mol. The van der Waals surface area contributed by atoms with Crippen LogP contribution >= 0.6 is 0 Å². The lowest BCUT2D eigenvalue weighted by Crippen LogP contribution is -2.26. The molecule has 1 aromatic heterocycles. The average molecular weight is 326 g/mol. The molecule has 0 radical (unpaired) electrons. The number of amides is 1. The number of hydrogen-bond donors (Lipinski definition) is 1. The highest BCUT2D eigenvalue weighted by Gasteiger charge is 2.33.